The smallest absolute Gasteiger partial charge is 0.224 e. The summed E-state index contributed by atoms with van der Waals surface area (Å²) >= 11 is 3.42. The lowest BCUT2D eigenvalue weighted by Gasteiger charge is -2.19. The lowest BCUT2D eigenvalue weighted by Crippen LogP contribution is -2.21. The Bertz CT molecular complexity index is 726. The largest absolute Gasteiger partial charge is 0.473 e. The van der Waals surface area contributed by atoms with Crippen molar-refractivity contribution in [2.45, 2.75) is 47.6 Å². The molecule has 2 aromatic rings. The molecule has 0 spiro atoms. The first-order valence-corrected chi connectivity index (χ1v) is 9.09. The average Bonchev–Trinajstić information content (AvgIpc) is 2.48. The molecule has 0 saturated heterocycles. The number of halogens is 1. The van der Waals surface area contributed by atoms with Crippen LogP contribution in [0.3, 0.4) is 0 Å². The van der Waals surface area contributed by atoms with E-state index < -0.39 is 0 Å². The maximum atomic E-state index is 12.2. The third-order valence-electron chi connectivity index (χ3n) is 3.63. The summed E-state index contributed by atoms with van der Waals surface area (Å²) in [6.45, 7) is 10.4. The van der Waals surface area contributed by atoms with E-state index in [0.29, 0.717) is 18.9 Å². The number of anilines is 1. The van der Waals surface area contributed by atoms with Crippen LogP contribution in [0.2, 0.25) is 0 Å². The molecule has 5 heteroatoms. The van der Waals surface area contributed by atoms with Crippen LogP contribution < -0.4 is 10.1 Å². The Balaban J connectivity index is 2.06. The van der Waals surface area contributed by atoms with Crippen molar-refractivity contribution in [2.75, 3.05) is 5.32 Å². The average molecular weight is 405 g/mol. The molecule has 1 aromatic carbocycles. The van der Waals surface area contributed by atoms with Crippen LogP contribution in [-0.2, 0) is 11.4 Å². The third-order valence-corrected chi connectivity index (χ3v) is 4.16. The number of hydrogen-bond donors (Lipinski definition) is 1. The highest BCUT2D eigenvalue weighted by Crippen LogP contribution is 2.25. The molecule has 25 heavy (non-hydrogen) atoms. The number of nitrogens with zero attached hydrogens (tertiary/aromatic N) is 1. The van der Waals surface area contributed by atoms with Crippen LogP contribution in [0.5, 0.6) is 5.88 Å². The Morgan fingerprint density at radius 3 is 2.40 bits per heavy atom. The van der Waals surface area contributed by atoms with Crippen molar-refractivity contribution in [3.05, 3.63) is 51.6 Å². The van der Waals surface area contributed by atoms with Gasteiger partial charge in [-0.15, -0.1) is 0 Å². The topological polar surface area (TPSA) is 51.2 Å². The highest BCUT2D eigenvalue weighted by atomic mass is 79.9. The highest BCUT2D eigenvalue weighted by molar-refractivity contribution is 9.10. The third kappa shape index (κ3) is 6.16. The van der Waals surface area contributed by atoms with Gasteiger partial charge in [-0.3, -0.25) is 4.79 Å². The summed E-state index contributed by atoms with van der Waals surface area (Å²) in [7, 11) is 0. The van der Waals surface area contributed by atoms with Gasteiger partial charge < -0.3 is 10.1 Å². The van der Waals surface area contributed by atoms with Gasteiger partial charge in [0.05, 0.1) is 11.4 Å². The SMILES string of the molecule is Cc1cc(OCc2ccc(Br)cc2)nc(C)c1NC(=O)CC(C)(C)C. The normalized spacial score (nSPS) is 11.3. The number of carbonyl (C=O) groups excluding carboxylic acids is 1. The minimum absolute atomic E-state index is 0.00373. The molecule has 0 aliphatic rings. The van der Waals surface area contributed by atoms with Gasteiger partial charge in [0, 0.05) is 17.0 Å². The number of benzene rings is 1. The molecule has 1 aromatic heterocycles. The number of pyridine rings is 1. The predicted octanol–water partition coefficient (Wildman–Crippen LogP) is 5.41. The first-order chi connectivity index (χ1) is 11.6. The fourth-order valence-electron chi connectivity index (χ4n) is 2.46. The molecule has 0 aliphatic carbocycles. The molecule has 0 atom stereocenters. The van der Waals surface area contributed by atoms with Gasteiger partial charge in [-0.2, -0.15) is 0 Å². The van der Waals surface area contributed by atoms with Gasteiger partial charge in [-0.1, -0.05) is 48.8 Å². The van der Waals surface area contributed by atoms with Gasteiger partial charge in [0.2, 0.25) is 11.8 Å². The van der Waals surface area contributed by atoms with Gasteiger partial charge in [0.15, 0.2) is 0 Å². The number of hydrogen-bond acceptors (Lipinski definition) is 3. The Kier molecular flexibility index (Phi) is 6.22. The van der Waals surface area contributed by atoms with Crippen molar-refractivity contribution >= 4 is 27.5 Å². The van der Waals surface area contributed by atoms with E-state index in [2.05, 4.69) is 26.2 Å². The van der Waals surface area contributed by atoms with E-state index in [1.54, 1.807) is 0 Å². The summed E-state index contributed by atoms with van der Waals surface area (Å²) in [5.41, 5.74) is 3.49. The maximum absolute atomic E-state index is 12.2. The van der Waals surface area contributed by atoms with Gasteiger partial charge in [0.1, 0.15) is 6.61 Å². The Morgan fingerprint density at radius 2 is 1.84 bits per heavy atom. The van der Waals surface area contributed by atoms with E-state index in [-0.39, 0.29) is 11.3 Å². The van der Waals surface area contributed by atoms with Crippen molar-refractivity contribution < 1.29 is 9.53 Å². The van der Waals surface area contributed by atoms with E-state index in [1.165, 1.54) is 0 Å². The molecule has 1 heterocycles. The van der Waals surface area contributed by atoms with Crippen molar-refractivity contribution in [3.63, 3.8) is 0 Å². The molecule has 4 nitrogen and oxygen atoms in total. The first kappa shape index (κ1) is 19.4. The summed E-state index contributed by atoms with van der Waals surface area (Å²) in [5.74, 6) is 0.566. The molecular formula is C20H25BrN2O2. The summed E-state index contributed by atoms with van der Waals surface area (Å²) in [5, 5.41) is 2.98. The maximum Gasteiger partial charge on any atom is 0.224 e. The number of amides is 1. The van der Waals surface area contributed by atoms with E-state index in [1.807, 2.05) is 65.0 Å². The predicted molar refractivity (Wildman–Crippen MR) is 105 cm³/mol. The fourth-order valence-corrected chi connectivity index (χ4v) is 2.73. The number of carbonyl (C=O) groups is 1. The zero-order chi connectivity index (χ0) is 18.6. The zero-order valence-corrected chi connectivity index (χ0v) is 17.0. The van der Waals surface area contributed by atoms with Crippen molar-refractivity contribution in [1.82, 2.24) is 4.98 Å². The number of nitrogens with one attached hydrogen (secondary N) is 1. The quantitative estimate of drug-likeness (QED) is 0.723. The van der Waals surface area contributed by atoms with Gasteiger partial charge in [-0.05, 0) is 42.5 Å². The molecule has 0 bridgehead atoms. The fraction of sp³-hybridized carbons (Fsp3) is 0.400. The van der Waals surface area contributed by atoms with E-state index in [4.69, 9.17) is 4.74 Å². The molecule has 1 N–H and O–H groups in total. The zero-order valence-electron chi connectivity index (χ0n) is 15.4. The van der Waals surface area contributed by atoms with E-state index in [9.17, 15) is 4.79 Å². The lowest BCUT2D eigenvalue weighted by atomic mass is 9.92. The number of aromatic nitrogens is 1. The summed E-state index contributed by atoms with van der Waals surface area (Å²) in [6.07, 6.45) is 0.466. The molecule has 0 fully saturated rings. The Hall–Kier alpha value is -1.88. The monoisotopic (exact) mass is 404 g/mol. The number of ether oxygens (including phenoxy) is 1. The molecule has 1 amide bonds. The van der Waals surface area contributed by atoms with Crippen LogP contribution >= 0.6 is 15.9 Å². The number of aryl methyl sites for hydroxylation is 2. The summed E-state index contributed by atoms with van der Waals surface area (Å²) in [4.78, 5) is 16.7. The van der Waals surface area contributed by atoms with Crippen LogP contribution in [0.15, 0.2) is 34.8 Å². The van der Waals surface area contributed by atoms with Crippen molar-refractivity contribution in [3.8, 4) is 5.88 Å². The highest BCUT2D eigenvalue weighted by Gasteiger charge is 2.18. The molecule has 0 saturated carbocycles. The molecular weight excluding hydrogens is 380 g/mol. The molecule has 134 valence electrons. The second-order valence-electron chi connectivity index (χ2n) is 7.44. The van der Waals surface area contributed by atoms with Crippen LogP contribution in [0.25, 0.3) is 0 Å². The van der Waals surface area contributed by atoms with E-state index in [0.717, 1.165) is 27.0 Å². The van der Waals surface area contributed by atoms with Crippen LogP contribution in [0, 0.1) is 19.3 Å². The Morgan fingerprint density at radius 1 is 1.20 bits per heavy atom. The molecule has 0 aliphatic heterocycles. The Labute approximate surface area is 158 Å². The van der Waals surface area contributed by atoms with Crippen LogP contribution in [0.4, 0.5) is 5.69 Å². The first-order valence-electron chi connectivity index (χ1n) is 8.29. The summed E-state index contributed by atoms with van der Waals surface area (Å²) < 4.78 is 6.83. The van der Waals surface area contributed by atoms with Crippen molar-refractivity contribution in [2.24, 2.45) is 5.41 Å². The van der Waals surface area contributed by atoms with Crippen LogP contribution in [0.1, 0.15) is 44.0 Å². The second-order valence-corrected chi connectivity index (χ2v) is 8.35. The lowest BCUT2D eigenvalue weighted by molar-refractivity contribution is -0.117. The molecule has 0 unspecified atom stereocenters. The minimum atomic E-state index is -0.0486. The standard InChI is InChI=1S/C20H25BrN2O2/c1-13-10-18(25-12-15-6-8-16(21)9-7-15)22-14(2)19(13)23-17(24)11-20(3,4)5/h6-10H,11-12H2,1-5H3,(H,23,24). The van der Waals surface area contributed by atoms with Crippen LogP contribution in [-0.4, -0.2) is 10.9 Å². The molecule has 2 rings (SSSR count). The minimum Gasteiger partial charge on any atom is -0.473 e. The van der Waals surface area contributed by atoms with E-state index >= 15 is 0 Å². The summed E-state index contributed by atoms with van der Waals surface area (Å²) in [6, 6.07) is 9.83. The van der Waals surface area contributed by atoms with Gasteiger partial charge >= 0.3 is 0 Å². The second kappa shape index (κ2) is 8.00. The van der Waals surface area contributed by atoms with Crippen molar-refractivity contribution in [1.29, 1.82) is 0 Å². The number of rotatable bonds is 5. The van der Waals surface area contributed by atoms with Gasteiger partial charge in [0.25, 0.3) is 0 Å². The molecule has 0 radical (unpaired) electrons. The van der Waals surface area contributed by atoms with Gasteiger partial charge in [-0.25, -0.2) is 4.98 Å².